The van der Waals surface area contributed by atoms with Crippen molar-refractivity contribution in [3.05, 3.63) is 63.9 Å². The van der Waals surface area contributed by atoms with Crippen molar-refractivity contribution in [2.75, 3.05) is 13.7 Å². The van der Waals surface area contributed by atoms with E-state index in [1.54, 1.807) is 13.2 Å². The highest BCUT2D eigenvalue weighted by atomic mass is 35.5. The maximum atomic E-state index is 13.2. The summed E-state index contributed by atoms with van der Waals surface area (Å²) in [6, 6.07) is 10.4. The minimum absolute atomic E-state index is 0.0762. The monoisotopic (exact) mass is 307 g/mol. The lowest BCUT2D eigenvalue weighted by molar-refractivity contribution is 0.411. The average molecular weight is 308 g/mol. The van der Waals surface area contributed by atoms with Crippen molar-refractivity contribution < 1.29 is 9.13 Å². The van der Waals surface area contributed by atoms with E-state index in [4.69, 9.17) is 16.3 Å². The van der Waals surface area contributed by atoms with E-state index >= 15 is 0 Å². The van der Waals surface area contributed by atoms with Crippen LogP contribution in [0.5, 0.6) is 5.75 Å². The molecule has 1 unspecified atom stereocenters. The van der Waals surface area contributed by atoms with Crippen molar-refractivity contribution in [3.63, 3.8) is 0 Å². The number of hydrogen-bond donors (Lipinski definition) is 1. The Hall–Kier alpha value is -1.58. The Morgan fingerprint density at radius 2 is 2.00 bits per heavy atom. The molecule has 0 saturated heterocycles. The van der Waals surface area contributed by atoms with Crippen LogP contribution in [0.2, 0.25) is 5.02 Å². The third-order valence-corrected chi connectivity index (χ3v) is 3.76. The fourth-order valence-corrected chi connectivity index (χ4v) is 2.70. The summed E-state index contributed by atoms with van der Waals surface area (Å²) in [6.07, 6.45) is 0. The van der Waals surface area contributed by atoms with Crippen molar-refractivity contribution in [3.8, 4) is 5.75 Å². The molecule has 112 valence electrons. The first kappa shape index (κ1) is 15.8. The first-order valence-electron chi connectivity index (χ1n) is 6.89. The third kappa shape index (κ3) is 3.55. The van der Waals surface area contributed by atoms with Crippen LogP contribution in [0.3, 0.4) is 0 Å². The largest absolute Gasteiger partial charge is 0.496 e. The van der Waals surface area contributed by atoms with Crippen molar-refractivity contribution in [2.24, 2.45) is 0 Å². The number of benzene rings is 2. The molecule has 0 saturated carbocycles. The van der Waals surface area contributed by atoms with Crippen molar-refractivity contribution in [1.82, 2.24) is 5.32 Å². The molecule has 0 aliphatic heterocycles. The number of ether oxygens (including phenoxy) is 1. The lowest BCUT2D eigenvalue weighted by Gasteiger charge is -2.21. The predicted octanol–water partition coefficient (Wildman–Crippen LogP) is 4.50. The summed E-state index contributed by atoms with van der Waals surface area (Å²) < 4.78 is 18.5. The zero-order valence-corrected chi connectivity index (χ0v) is 13.2. The fraction of sp³-hybridized carbons (Fsp3) is 0.294. The quantitative estimate of drug-likeness (QED) is 0.878. The lowest BCUT2D eigenvalue weighted by Crippen LogP contribution is -2.22. The van der Waals surface area contributed by atoms with Gasteiger partial charge in [-0.05, 0) is 48.4 Å². The van der Waals surface area contributed by atoms with Gasteiger partial charge in [0.15, 0.2) is 0 Å². The Kier molecular flexibility index (Phi) is 5.21. The molecule has 0 heterocycles. The van der Waals surface area contributed by atoms with Crippen LogP contribution < -0.4 is 10.1 Å². The maximum absolute atomic E-state index is 13.2. The number of aryl methyl sites for hydroxylation is 1. The fourth-order valence-electron chi connectivity index (χ4n) is 2.43. The first-order chi connectivity index (χ1) is 10.1. The van der Waals surface area contributed by atoms with E-state index in [9.17, 15) is 4.39 Å². The van der Waals surface area contributed by atoms with Crippen LogP contribution >= 0.6 is 11.6 Å². The van der Waals surface area contributed by atoms with E-state index in [1.807, 2.05) is 26.0 Å². The highest BCUT2D eigenvalue weighted by Gasteiger charge is 2.17. The molecule has 0 aromatic heterocycles. The zero-order chi connectivity index (χ0) is 15.4. The van der Waals surface area contributed by atoms with Gasteiger partial charge in [0.05, 0.1) is 13.2 Å². The summed E-state index contributed by atoms with van der Waals surface area (Å²) in [4.78, 5) is 0. The topological polar surface area (TPSA) is 21.3 Å². The van der Waals surface area contributed by atoms with Gasteiger partial charge in [-0.15, -0.1) is 0 Å². The molecule has 0 fully saturated rings. The van der Waals surface area contributed by atoms with Crippen LogP contribution in [0, 0.1) is 12.7 Å². The second-order valence-electron chi connectivity index (χ2n) is 4.89. The molecule has 0 aliphatic rings. The van der Waals surface area contributed by atoms with Gasteiger partial charge in [-0.3, -0.25) is 0 Å². The molecule has 1 N–H and O–H groups in total. The molecule has 4 heteroatoms. The molecule has 2 aromatic rings. The number of nitrogens with one attached hydrogen (secondary N) is 1. The van der Waals surface area contributed by atoms with Crippen LogP contribution in [0.1, 0.15) is 29.7 Å². The Bertz CT molecular complexity index is 630. The molecule has 0 amide bonds. The van der Waals surface area contributed by atoms with Crippen molar-refractivity contribution in [2.45, 2.75) is 19.9 Å². The second kappa shape index (κ2) is 6.92. The number of methoxy groups -OCH3 is 1. The van der Waals surface area contributed by atoms with Gasteiger partial charge < -0.3 is 10.1 Å². The molecular weight excluding hydrogens is 289 g/mol. The molecule has 0 spiro atoms. The molecule has 0 aliphatic carbocycles. The van der Waals surface area contributed by atoms with Gasteiger partial charge >= 0.3 is 0 Å². The van der Waals surface area contributed by atoms with E-state index in [-0.39, 0.29) is 11.9 Å². The molecule has 2 rings (SSSR count). The molecule has 1 atom stereocenters. The average Bonchev–Trinajstić information content (AvgIpc) is 2.45. The Labute approximate surface area is 129 Å². The molecular formula is C17H19ClFNO. The van der Waals surface area contributed by atoms with Crippen LogP contribution in [0.15, 0.2) is 36.4 Å². The van der Waals surface area contributed by atoms with E-state index < -0.39 is 0 Å². The van der Waals surface area contributed by atoms with Crippen molar-refractivity contribution >= 4 is 11.6 Å². The van der Waals surface area contributed by atoms with Crippen LogP contribution in [0.4, 0.5) is 4.39 Å². The van der Waals surface area contributed by atoms with Crippen LogP contribution in [-0.4, -0.2) is 13.7 Å². The Morgan fingerprint density at radius 3 is 2.57 bits per heavy atom. The van der Waals surface area contributed by atoms with Crippen LogP contribution in [0.25, 0.3) is 0 Å². The summed E-state index contributed by atoms with van der Waals surface area (Å²) in [6.45, 7) is 4.81. The van der Waals surface area contributed by atoms with Gasteiger partial charge in [0.1, 0.15) is 11.6 Å². The van der Waals surface area contributed by atoms with E-state index in [0.29, 0.717) is 5.02 Å². The predicted molar refractivity (Wildman–Crippen MR) is 84.7 cm³/mol. The smallest absolute Gasteiger partial charge is 0.124 e. The van der Waals surface area contributed by atoms with E-state index in [1.165, 1.54) is 12.1 Å². The summed E-state index contributed by atoms with van der Waals surface area (Å²) in [5.74, 6) is 0.518. The summed E-state index contributed by atoms with van der Waals surface area (Å²) in [7, 11) is 1.65. The highest BCUT2D eigenvalue weighted by molar-refractivity contribution is 6.31. The summed E-state index contributed by atoms with van der Waals surface area (Å²) in [5.41, 5.74) is 2.99. The van der Waals surface area contributed by atoms with Gasteiger partial charge in [0, 0.05) is 5.02 Å². The van der Waals surface area contributed by atoms with Gasteiger partial charge in [0.2, 0.25) is 0 Å². The van der Waals surface area contributed by atoms with E-state index in [0.717, 1.165) is 29.0 Å². The molecule has 0 radical (unpaired) electrons. The number of halogens is 2. The van der Waals surface area contributed by atoms with Gasteiger partial charge in [-0.25, -0.2) is 4.39 Å². The van der Waals surface area contributed by atoms with Crippen LogP contribution in [-0.2, 0) is 0 Å². The zero-order valence-electron chi connectivity index (χ0n) is 12.4. The summed E-state index contributed by atoms with van der Waals surface area (Å²) >= 11 is 6.20. The highest BCUT2D eigenvalue weighted by Crippen LogP contribution is 2.31. The second-order valence-corrected chi connectivity index (χ2v) is 5.29. The maximum Gasteiger partial charge on any atom is 0.124 e. The number of rotatable bonds is 5. The number of hydrogen-bond acceptors (Lipinski definition) is 2. The van der Waals surface area contributed by atoms with Gasteiger partial charge in [-0.1, -0.05) is 36.7 Å². The molecule has 2 aromatic carbocycles. The standard InChI is InChI=1S/C17H19ClFNO/c1-4-20-17(14-7-6-13(19)10-15(14)18)12-5-8-16(21-3)11(2)9-12/h5-10,17,20H,4H2,1-3H3. The first-order valence-corrected chi connectivity index (χ1v) is 7.27. The molecule has 0 bridgehead atoms. The summed E-state index contributed by atoms with van der Waals surface area (Å²) in [5, 5.41) is 3.82. The van der Waals surface area contributed by atoms with E-state index in [2.05, 4.69) is 11.4 Å². The molecule has 21 heavy (non-hydrogen) atoms. The minimum atomic E-state index is -0.329. The normalized spacial score (nSPS) is 12.2. The molecule has 2 nitrogen and oxygen atoms in total. The van der Waals surface area contributed by atoms with Crippen molar-refractivity contribution in [1.29, 1.82) is 0 Å². The third-order valence-electron chi connectivity index (χ3n) is 3.43. The Morgan fingerprint density at radius 1 is 1.24 bits per heavy atom. The minimum Gasteiger partial charge on any atom is -0.496 e. The van der Waals surface area contributed by atoms with Gasteiger partial charge in [-0.2, -0.15) is 0 Å². The Balaban J connectivity index is 2.45. The lowest BCUT2D eigenvalue weighted by atomic mass is 9.96. The van der Waals surface area contributed by atoms with Gasteiger partial charge in [0.25, 0.3) is 0 Å². The SMILES string of the molecule is CCNC(c1ccc(OC)c(C)c1)c1ccc(F)cc1Cl.